The molecule has 3 unspecified atom stereocenters. The number of Topliss-reactive ketones (excluding diaryl/α,β-unsaturated/α-hetero) is 1. The largest absolute Gasteiger partial charge is 0.392 e. The van der Waals surface area contributed by atoms with Crippen molar-refractivity contribution in [1.82, 2.24) is 0 Å². The molecule has 0 aliphatic heterocycles. The van der Waals surface area contributed by atoms with E-state index in [2.05, 4.69) is 0 Å². The molecule has 0 bridgehead atoms. The van der Waals surface area contributed by atoms with Crippen molar-refractivity contribution in [3.63, 3.8) is 0 Å². The Kier molecular flexibility index (Phi) is 5.50. The second kappa shape index (κ2) is 6.43. The number of aliphatic hydroxyl groups is 1. The molecule has 1 rings (SSSR count). The van der Waals surface area contributed by atoms with Crippen molar-refractivity contribution < 1.29 is 9.90 Å². The van der Waals surface area contributed by atoms with Crippen LogP contribution >= 0.6 is 23.4 Å². The molecule has 1 aromatic carbocycles. The van der Waals surface area contributed by atoms with Gasteiger partial charge >= 0.3 is 0 Å². The molecule has 4 heteroatoms. The molecule has 0 aliphatic carbocycles. The summed E-state index contributed by atoms with van der Waals surface area (Å²) in [5.41, 5.74) is 0.659. The van der Waals surface area contributed by atoms with E-state index in [0.717, 1.165) is 0 Å². The first kappa shape index (κ1) is 14.6. The van der Waals surface area contributed by atoms with Gasteiger partial charge in [0.1, 0.15) is 0 Å². The SMILES string of the molecule is CC(SC(C)C(C)O)C(=O)c1ccc(Cl)cc1. The standard InChI is InChI=1S/C13H17ClO2S/c1-8(15)9(2)17-10(3)13(16)11-4-6-12(14)7-5-11/h4-10,15H,1-3H3. The molecular weight excluding hydrogens is 256 g/mol. The number of rotatable bonds is 5. The number of thioether (sulfide) groups is 1. The van der Waals surface area contributed by atoms with Crippen LogP contribution in [0.15, 0.2) is 24.3 Å². The zero-order valence-corrected chi connectivity index (χ0v) is 11.8. The molecule has 0 aliphatic rings. The van der Waals surface area contributed by atoms with Crippen LogP contribution in [0.2, 0.25) is 5.02 Å². The third kappa shape index (κ3) is 4.34. The molecule has 3 atom stereocenters. The average molecular weight is 273 g/mol. The summed E-state index contributed by atoms with van der Waals surface area (Å²) in [5.74, 6) is 0.0687. The molecule has 17 heavy (non-hydrogen) atoms. The van der Waals surface area contributed by atoms with Crippen molar-refractivity contribution in [3.05, 3.63) is 34.9 Å². The fraction of sp³-hybridized carbons (Fsp3) is 0.462. The summed E-state index contributed by atoms with van der Waals surface area (Å²) in [6.07, 6.45) is -0.416. The van der Waals surface area contributed by atoms with Gasteiger partial charge in [0, 0.05) is 15.8 Å². The van der Waals surface area contributed by atoms with Crippen LogP contribution in [0.1, 0.15) is 31.1 Å². The van der Waals surface area contributed by atoms with Crippen molar-refractivity contribution in [3.8, 4) is 0 Å². The van der Waals surface area contributed by atoms with Gasteiger partial charge in [0.15, 0.2) is 5.78 Å². The molecule has 0 radical (unpaired) electrons. The number of aliphatic hydroxyl groups excluding tert-OH is 1. The monoisotopic (exact) mass is 272 g/mol. The number of ketones is 1. The van der Waals surface area contributed by atoms with Crippen LogP contribution in [0.5, 0.6) is 0 Å². The second-order valence-electron chi connectivity index (χ2n) is 4.10. The Morgan fingerprint density at radius 3 is 2.24 bits per heavy atom. The van der Waals surface area contributed by atoms with E-state index in [1.807, 2.05) is 13.8 Å². The minimum absolute atomic E-state index is 0.0428. The van der Waals surface area contributed by atoms with E-state index in [0.29, 0.717) is 10.6 Å². The summed E-state index contributed by atoms with van der Waals surface area (Å²) in [6.45, 7) is 5.51. The summed E-state index contributed by atoms with van der Waals surface area (Å²) in [5, 5.41) is 9.91. The van der Waals surface area contributed by atoms with E-state index >= 15 is 0 Å². The van der Waals surface area contributed by atoms with Crippen molar-refractivity contribution in [1.29, 1.82) is 0 Å². The number of benzene rings is 1. The molecule has 94 valence electrons. The van der Waals surface area contributed by atoms with Gasteiger partial charge in [-0.15, -0.1) is 11.8 Å². The van der Waals surface area contributed by atoms with Crippen LogP contribution in [0.4, 0.5) is 0 Å². The Balaban J connectivity index is 2.66. The fourth-order valence-corrected chi connectivity index (χ4v) is 2.60. The van der Waals surface area contributed by atoms with Crippen molar-refractivity contribution in [2.45, 2.75) is 37.4 Å². The van der Waals surface area contributed by atoms with E-state index in [1.165, 1.54) is 11.8 Å². The molecule has 2 nitrogen and oxygen atoms in total. The predicted octanol–water partition coefficient (Wildman–Crippen LogP) is 3.41. The summed E-state index contributed by atoms with van der Waals surface area (Å²) in [7, 11) is 0. The zero-order valence-electron chi connectivity index (χ0n) is 10.2. The molecular formula is C13H17ClO2S. The maximum absolute atomic E-state index is 12.1. The van der Waals surface area contributed by atoms with Crippen LogP contribution in [0, 0.1) is 0 Å². The number of hydrogen-bond acceptors (Lipinski definition) is 3. The maximum atomic E-state index is 12.1. The van der Waals surface area contributed by atoms with Gasteiger partial charge in [0.2, 0.25) is 0 Å². The predicted molar refractivity (Wildman–Crippen MR) is 74.0 cm³/mol. The summed E-state index contributed by atoms with van der Waals surface area (Å²) >= 11 is 7.25. The van der Waals surface area contributed by atoms with Crippen molar-refractivity contribution in [2.24, 2.45) is 0 Å². The third-order valence-electron chi connectivity index (χ3n) is 2.60. The highest BCUT2D eigenvalue weighted by Gasteiger charge is 2.20. The zero-order chi connectivity index (χ0) is 13.0. The van der Waals surface area contributed by atoms with Crippen molar-refractivity contribution >= 4 is 29.1 Å². The average Bonchev–Trinajstić information content (AvgIpc) is 2.28. The fourth-order valence-electron chi connectivity index (χ4n) is 1.35. The Bertz CT molecular complexity index is 376. The van der Waals surface area contributed by atoms with Gasteiger partial charge < -0.3 is 5.11 Å². The van der Waals surface area contributed by atoms with Gasteiger partial charge in [0.25, 0.3) is 0 Å². The molecule has 0 saturated carbocycles. The molecule has 0 spiro atoms. The molecule has 0 fully saturated rings. The third-order valence-corrected chi connectivity index (χ3v) is 4.29. The van der Waals surface area contributed by atoms with Gasteiger partial charge in [0.05, 0.1) is 11.4 Å². The van der Waals surface area contributed by atoms with E-state index in [4.69, 9.17) is 11.6 Å². The van der Waals surface area contributed by atoms with Crippen molar-refractivity contribution in [2.75, 3.05) is 0 Å². The normalized spacial score (nSPS) is 16.3. The number of hydrogen-bond donors (Lipinski definition) is 1. The smallest absolute Gasteiger partial charge is 0.175 e. The van der Waals surface area contributed by atoms with E-state index in [9.17, 15) is 9.90 Å². The molecule has 0 amide bonds. The number of halogens is 1. The molecule has 0 heterocycles. The minimum atomic E-state index is -0.416. The minimum Gasteiger partial charge on any atom is -0.392 e. The Hall–Kier alpha value is -0.510. The van der Waals surface area contributed by atoms with Crippen LogP contribution in [0.3, 0.4) is 0 Å². The lowest BCUT2D eigenvalue weighted by Crippen LogP contribution is -2.22. The van der Waals surface area contributed by atoms with Crippen LogP contribution in [-0.4, -0.2) is 27.5 Å². The van der Waals surface area contributed by atoms with Gasteiger partial charge in [-0.05, 0) is 38.1 Å². The Labute approximate surface area is 111 Å². The highest BCUT2D eigenvalue weighted by atomic mass is 35.5. The van der Waals surface area contributed by atoms with Gasteiger partial charge in [-0.25, -0.2) is 0 Å². The Morgan fingerprint density at radius 2 is 1.76 bits per heavy atom. The lowest BCUT2D eigenvalue weighted by Gasteiger charge is -2.18. The highest BCUT2D eigenvalue weighted by Crippen LogP contribution is 2.23. The number of carbonyl (C=O) groups is 1. The maximum Gasteiger partial charge on any atom is 0.175 e. The molecule has 0 saturated heterocycles. The second-order valence-corrected chi connectivity index (χ2v) is 6.25. The first-order valence-corrected chi connectivity index (χ1v) is 6.87. The molecule has 0 aromatic heterocycles. The van der Waals surface area contributed by atoms with Gasteiger partial charge in [-0.3, -0.25) is 4.79 Å². The Morgan fingerprint density at radius 1 is 1.24 bits per heavy atom. The van der Waals surface area contributed by atoms with Gasteiger partial charge in [-0.1, -0.05) is 18.5 Å². The van der Waals surface area contributed by atoms with Crippen LogP contribution in [-0.2, 0) is 0 Å². The number of carbonyl (C=O) groups excluding carboxylic acids is 1. The first-order valence-electron chi connectivity index (χ1n) is 5.55. The lowest BCUT2D eigenvalue weighted by molar-refractivity contribution is 0.0993. The molecule has 1 N–H and O–H groups in total. The van der Waals surface area contributed by atoms with E-state index < -0.39 is 6.10 Å². The lowest BCUT2D eigenvalue weighted by atomic mass is 10.1. The van der Waals surface area contributed by atoms with E-state index in [-0.39, 0.29) is 16.3 Å². The van der Waals surface area contributed by atoms with Crippen LogP contribution in [0.25, 0.3) is 0 Å². The van der Waals surface area contributed by atoms with E-state index in [1.54, 1.807) is 31.2 Å². The highest BCUT2D eigenvalue weighted by molar-refractivity contribution is 8.01. The first-order chi connectivity index (χ1) is 7.91. The van der Waals surface area contributed by atoms with Gasteiger partial charge in [-0.2, -0.15) is 0 Å². The topological polar surface area (TPSA) is 37.3 Å². The quantitative estimate of drug-likeness (QED) is 0.835. The summed E-state index contributed by atoms with van der Waals surface area (Å²) in [4.78, 5) is 12.1. The summed E-state index contributed by atoms with van der Waals surface area (Å²) in [6, 6.07) is 6.89. The molecule has 1 aromatic rings. The summed E-state index contributed by atoms with van der Waals surface area (Å²) < 4.78 is 0. The van der Waals surface area contributed by atoms with Crippen LogP contribution < -0.4 is 0 Å².